The second kappa shape index (κ2) is 9.64. The smallest absolute Gasteiger partial charge is 0.411 e. The minimum atomic E-state index is -3.75. The van der Waals surface area contributed by atoms with E-state index in [1.165, 1.54) is 42.7 Å². The van der Waals surface area contributed by atoms with Gasteiger partial charge in [-0.05, 0) is 35.7 Å². The number of rotatable bonds is 9. The quantitative estimate of drug-likeness (QED) is 0.593. The molecule has 0 radical (unpaired) electrons. The van der Waals surface area contributed by atoms with E-state index in [4.69, 9.17) is 9.84 Å². The zero-order valence-electron chi connectivity index (χ0n) is 14.0. The van der Waals surface area contributed by atoms with Crippen molar-refractivity contribution in [1.29, 1.82) is 0 Å². The Hall–Kier alpha value is -1.98. The Labute approximate surface area is 155 Å². The van der Waals surface area contributed by atoms with E-state index in [1.807, 2.05) is 17.5 Å². The topological polar surface area (TPSA) is 114 Å². The summed E-state index contributed by atoms with van der Waals surface area (Å²) in [5.74, 6) is 0. The summed E-state index contributed by atoms with van der Waals surface area (Å²) in [5.41, 5.74) is 0.415. The van der Waals surface area contributed by atoms with Crippen molar-refractivity contribution in [2.45, 2.75) is 11.0 Å². The van der Waals surface area contributed by atoms with Gasteiger partial charge in [0.05, 0.1) is 25.2 Å². The molecule has 1 heterocycles. The Morgan fingerprint density at radius 2 is 2.00 bits per heavy atom. The van der Waals surface area contributed by atoms with Gasteiger partial charge >= 0.3 is 6.09 Å². The van der Waals surface area contributed by atoms with E-state index in [0.717, 1.165) is 4.88 Å². The van der Waals surface area contributed by atoms with Gasteiger partial charge in [-0.1, -0.05) is 6.07 Å². The lowest BCUT2D eigenvalue weighted by atomic mass is 10.3. The molecule has 0 aliphatic rings. The van der Waals surface area contributed by atoms with Crippen LogP contribution in [0.2, 0.25) is 0 Å². The molecule has 0 aliphatic heterocycles. The number of ether oxygens (including phenoxy) is 2. The van der Waals surface area contributed by atoms with Gasteiger partial charge < -0.3 is 14.6 Å². The second-order valence-electron chi connectivity index (χ2n) is 5.09. The van der Waals surface area contributed by atoms with Gasteiger partial charge in [-0.2, -0.15) is 0 Å². The molecule has 10 heteroatoms. The van der Waals surface area contributed by atoms with E-state index in [-0.39, 0.29) is 24.7 Å². The molecule has 26 heavy (non-hydrogen) atoms. The average Bonchev–Trinajstić information content (AvgIpc) is 3.16. The Bertz CT molecular complexity index is 791. The lowest BCUT2D eigenvalue weighted by molar-refractivity contribution is 0.0328. The van der Waals surface area contributed by atoms with Crippen LogP contribution >= 0.6 is 11.3 Å². The third-order valence-electron chi connectivity index (χ3n) is 3.33. The molecule has 8 nitrogen and oxygen atoms in total. The standard InChI is InChI=1S/C16H20N2O6S2/c1-23-16(20)18-12-4-6-13(7-5-12)26(21,22)17-11-14(24-9-8-19)15-3-2-10-25-15/h2-7,10,14,17,19H,8-9,11H2,1H3,(H,18,20)/t14-/m1/s1. The maximum atomic E-state index is 12.4. The molecule has 1 aromatic carbocycles. The van der Waals surface area contributed by atoms with Crippen LogP contribution in [0.25, 0.3) is 0 Å². The number of hydrogen-bond acceptors (Lipinski definition) is 7. The van der Waals surface area contributed by atoms with Crippen molar-refractivity contribution in [2.24, 2.45) is 0 Å². The summed E-state index contributed by atoms with van der Waals surface area (Å²) in [4.78, 5) is 12.1. The maximum Gasteiger partial charge on any atom is 0.411 e. The molecule has 0 spiro atoms. The van der Waals surface area contributed by atoms with Gasteiger partial charge in [-0.3, -0.25) is 5.32 Å². The fraction of sp³-hybridized carbons (Fsp3) is 0.312. The van der Waals surface area contributed by atoms with Crippen LogP contribution in [-0.2, 0) is 19.5 Å². The van der Waals surface area contributed by atoms with Crippen molar-refractivity contribution < 1.29 is 27.8 Å². The van der Waals surface area contributed by atoms with Crippen molar-refractivity contribution >= 4 is 33.1 Å². The number of amides is 1. The molecule has 0 saturated carbocycles. The van der Waals surface area contributed by atoms with Gasteiger partial charge in [0, 0.05) is 17.1 Å². The number of methoxy groups -OCH3 is 1. The highest BCUT2D eigenvalue weighted by Gasteiger charge is 2.19. The van der Waals surface area contributed by atoms with Gasteiger partial charge in [0.2, 0.25) is 10.0 Å². The molecule has 1 atom stereocenters. The van der Waals surface area contributed by atoms with Crippen molar-refractivity contribution in [3.8, 4) is 0 Å². The number of thiophene rings is 1. The number of benzene rings is 1. The molecule has 0 fully saturated rings. The first-order chi connectivity index (χ1) is 12.5. The summed E-state index contributed by atoms with van der Waals surface area (Å²) >= 11 is 1.44. The van der Waals surface area contributed by atoms with Crippen LogP contribution in [0, 0.1) is 0 Å². The summed E-state index contributed by atoms with van der Waals surface area (Å²) < 4.78 is 37.4. The number of anilines is 1. The highest BCUT2D eigenvalue weighted by Crippen LogP contribution is 2.23. The second-order valence-corrected chi connectivity index (χ2v) is 7.84. The van der Waals surface area contributed by atoms with Gasteiger partial charge in [-0.15, -0.1) is 11.3 Å². The number of sulfonamides is 1. The van der Waals surface area contributed by atoms with Crippen molar-refractivity contribution in [2.75, 3.05) is 32.2 Å². The maximum absolute atomic E-state index is 12.4. The van der Waals surface area contributed by atoms with Gasteiger partial charge in [0.1, 0.15) is 6.10 Å². The molecule has 142 valence electrons. The van der Waals surface area contributed by atoms with Crippen molar-refractivity contribution in [3.63, 3.8) is 0 Å². The molecule has 1 aromatic heterocycles. The summed E-state index contributed by atoms with van der Waals surface area (Å²) in [6.07, 6.45) is -1.13. The van der Waals surface area contributed by atoms with Crippen molar-refractivity contribution in [3.05, 3.63) is 46.7 Å². The first-order valence-corrected chi connectivity index (χ1v) is 10.0. The zero-order valence-corrected chi connectivity index (χ0v) is 15.7. The first kappa shape index (κ1) is 20.3. The van der Waals surface area contributed by atoms with E-state index < -0.39 is 22.2 Å². The number of hydrogen-bond donors (Lipinski definition) is 3. The SMILES string of the molecule is COC(=O)Nc1ccc(S(=O)(=O)NC[C@@H](OCCO)c2cccs2)cc1. The molecule has 0 unspecified atom stereocenters. The van der Waals surface area contributed by atoms with Crippen LogP contribution in [0.15, 0.2) is 46.7 Å². The monoisotopic (exact) mass is 400 g/mol. The van der Waals surface area contributed by atoms with E-state index in [1.54, 1.807) is 0 Å². The third kappa shape index (κ3) is 5.78. The number of carbonyl (C=O) groups is 1. The highest BCUT2D eigenvalue weighted by molar-refractivity contribution is 7.89. The Balaban J connectivity index is 2.03. The average molecular weight is 400 g/mol. The number of nitrogens with one attached hydrogen (secondary N) is 2. The van der Waals surface area contributed by atoms with Crippen LogP contribution in [0.5, 0.6) is 0 Å². The van der Waals surface area contributed by atoms with Gasteiger partial charge in [-0.25, -0.2) is 17.9 Å². The molecule has 1 amide bonds. The Kier molecular flexibility index (Phi) is 7.54. The first-order valence-electron chi connectivity index (χ1n) is 7.67. The highest BCUT2D eigenvalue weighted by atomic mass is 32.2. The zero-order chi connectivity index (χ0) is 19.0. The van der Waals surface area contributed by atoms with Crippen LogP contribution in [0.3, 0.4) is 0 Å². The minimum Gasteiger partial charge on any atom is -0.453 e. The molecule has 0 aliphatic carbocycles. The van der Waals surface area contributed by atoms with E-state index in [0.29, 0.717) is 5.69 Å². The van der Waals surface area contributed by atoms with Crippen molar-refractivity contribution in [1.82, 2.24) is 4.72 Å². The van der Waals surface area contributed by atoms with Gasteiger partial charge in [0.15, 0.2) is 0 Å². The minimum absolute atomic E-state index is 0.0327. The van der Waals surface area contributed by atoms with Crippen LogP contribution in [-0.4, -0.2) is 46.5 Å². The number of aliphatic hydroxyl groups excluding tert-OH is 1. The largest absolute Gasteiger partial charge is 0.453 e. The third-order valence-corrected chi connectivity index (χ3v) is 5.73. The van der Waals surface area contributed by atoms with E-state index in [2.05, 4.69) is 14.8 Å². The summed E-state index contributed by atoms with van der Waals surface area (Å²) in [5, 5.41) is 13.2. The summed E-state index contributed by atoms with van der Waals surface area (Å²) in [7, 11) is -2.52. The fourth-order valence-electron chi connectivity index (χ4n) is 2.07. The van der Waals surface area contributed by atoms with E-state index in [9.17, 15) is 13.2 Å². The molecular weight excluding hydrogens is 380 g/mol. The van der Waals surface area contributed by atoms with Crippen LogP contribution < -0.4 is 10.0 Å². The Morgan fingerprint density at radius 3 is 2.58 bits per heavy atom. The fourth-order valence-corrected chi connectivity index (χ4v) is 3.87. The predicted molar refractivity (Wildman–Crippen MR) is 97.8 cm³/mol. The molecule has 3 N–H and O–H groups in total. The van der Waals surface area contributed by atoms with E-state index >= 15 is 0 Å². The summed E-state index contributed by atoms with van der Waals surface area (Å²) in [6, 6.07) is 9.37. The predicted octanol–water partition coefficient (Wildman–Crippen LogP) is 1.95. The molecule has 0 bridgehead atoms. The van der Waals surface area contributed by atoms with Crippen LogP contribution in [0.1, 0.15) is 11.0 Å². The number of aliphatic hydroxyl groups is 1. The number of carbonyl (C=O) groups excluding carboxylic acids is 1. The molecule has 2 rings (SSSR count). The van der Waals surface area contributed by atoms with Crippen LogP contribution in [0.4, 0.5) is 10.5 Å². The summed E-state index contributed by atoms with van der Waals surface area (Å²) in [6.45, 7) is -0.00746. The lowest BCUT2D eigenvalue weighted by Crippen LogP contribution is -2.29. The van der Waals surface area contributed by atoms with Gasteiger partial charge in [0.25, 0.3) is 0 Å². The molecular formula is C16H20N2O6S2. The molecule has 0 saturated heterocycles. The normalized spacial score (nSPS) is 12.5. The lowest BCUT2D eigenvalue weighted by Gasteiger charge is -2.17. The Morgan fingerprint density at radius 1 is 1.27 bits per heavy atom. The molecule has 2 aromatic rings.